The molecule has 0 saturated carbocycles. The van der Waals surface area contributed by atoms with Crippen molar-refractivity contribution in [3.05, 3.63) is 11.3 Å². The lowest BCUT2D eigenvalue weighted by atomic mass is 9.75. The van der Waals surface area contributed by atoms with Crippen molar-refractivity contribution < 1.29 is 14.6 Å². The van der Waals surface area contributed by atoms with Gasteiger partial charge in [0.15, 0.2) is 12.1 Å². The first-order chi connectivity index (χ1) is 6.48. The molecule has 1 N–H and O–H groups in total. The summed E-state index contributed by atoms with van der Waals surface area (Å²) >= 11 is 0. The third kappa shape index (κ3) is 1.69. The molecule has 2 aliphatic rings. The predicted molar refractivity (Wildman–Crippen MR) is 51.4 cm³/mol. The molecule has 3 heteroatoms. The molecule has 0 aromatic heterocycles. The van der Waals surface area contributed by atoms with Gasteiger partial charge in [0, 0.05) is 24.8 Å². The third-order valence-electron chi connectivity index (χ3n) is 2.87. The number of ketones is 1. The maximum atomic E-state index is 11.7. The Hall–Kier alpha value is -0.830. The highest BCUT2D eigenvalue weighted by Gasteiger charge is 2.36. The summed E-state index contributed by atoms with van der Waals surface area (Å²) in [6, 6.07) is 0. The van der Waals surface area contributed by atoms with E-state index in [1.165, 1.54) is 0 Å². The maximum Gasteiger partial charge on any atom is 0.197 e. The number of rotatable bonds is 0. The highest BCUT2D eigenvalue weighted by molar-refractivity contribution is 5.97. The first-order valence-corrected chi connectivity index (χ1v) is 5.08. The van der Waals surface area contributed by atoms with Crippen LogP contribution in [-0.4, -0.2) is 17.2 Å². The van der Waals surface area contributed by atoms with Gasteiger partial charge in [0.1, 0.15) is 5.76 Å². The monoisotopic (exact) mass is 196 g/mol. The molecule has 3 nitrogen and oxygen atoms in total. The highest BCUT2D eigenvalue weighted by Crippen LogP contribution is 2.41. The molecule has 0 bridgehead atoms. The van der Waals surface area contributed by atoms with Gasteiger partial charge in [0.25, 0.3) is 0 Å². The van der Waals surface area contributed by atoms with E-state index in [0.717, 1.165) is 17.8 Å². The van der Waals surface area contributed by atoms with Crippen molar-refractivity contribution >= 4 is 5.78 Å². The van der Waals surface area contributed by atoms with E-state index in [1.54, 1.807) is 0 Å². The van der Waals surface area contributed by atoms with Crippen LogP contribution in [0.25, 0.3) is 0 Å². The Morgan fingerprint density at radius 3 is 2.86 bits per heavy atom. The molecule has 78 valence electrons. The van der Waals surface area contributed by atoms with Gasteiger partial charge in [0.2, 0.25) is 0 Å². The van der Waals surface area contributed by atoms with Crippen LogP contribution in [0.5, 0.6) is 0 Å². The van der Waals surface area contributed by atoms with Crippen molar-refractivity contribution in [3.8, 4) is 0 Å². The van der Waals surface area contributed by atoms with E-state index in [-0.39, 0.29) is 11.2 Å². The smallest absolute Gasteiger partial charge is 0.197 e. The summed E-state index contributed by atoms with van der Waals surface area (Å²) in [5.74, 6) is 0.924. The number of carbonyl (C=O) groups is 1. The van der Waals surface area contributed by atoms with E-state index in [1.807, 2.05) is 0 Å². The Kier molecular flexibility index (Phi) is 2.14. The van der Waals surface area contributed by atoms with Crippen LogP contribution in [0.15, 0.2) is 11.3 Å². The van der Waals surface area contributed by atoms with Gasteiger partial charge in [-0.1, -0.05) is 13.8 Å². The molecule has 0 aromatic rings. The lowest BCUT2D eigenvalue weighted by Crippen LogP contribution is -2.31. The van der Waals surface area contributed by atoms with Crippen LogP contribution in [0.3, 0.4) is 0 Å². The summed E-state index contributed by atoms with van der Waals surface area (Å²) in [6.45, 7) is 4.11. The van der Waals surface area contributed by atoms with Gasteiger partial charge in [-0.2, -0.15) is 0 Å². The van der Waals surface area contributed by atoms with Gasteiger partial charge >= 0.3 is 0 Å². The van der Waals surface area contributed by atoms with Gasteiger partial charge in [-0.05, 0) is 11.8 Å². The number of ether oxygens (including phenoxy) is 1. The summed E-state index contributed by atoms with van der Waals surface area (Å²) < 4.78 is 5.31. The molecule has 0 spiro atoms. The van der Waals surface area contributed by atoms with Gasteiger partial charge < -0.3 is 9.84 Å². The Balaban J connectivity index is 2.29. The number of Topliss-reactive ketones (excluding diaryl/α,β-unsaturated/α-hetero) is 1. The quantitative estimate of drug-likeness (QED) is 0.642. The molecule has 1 heterocycles. The largest absolute Gasteiger partial charge is 0.469 e. The highest BCUT2D eigenvalue weighted by atomic mass is 16.6. The molecule has 0 saturated heterocycles. The summed E-state index contributed by atoms with van der Waals surface area (Å²) in [4.78, 5) is 11.7. The molecule has 0 amide bonds. The van der Waals surface area contributed by atoms with E-state index < -0.39 is 6.29 Å². The summed E-state index contributed by atoms with van der Waals surface area (Å²) in [5.41, 5.74) is 0.794. The second-order valence-corrected chi connectivity index (χ2v) is 4.95. The zero-order chi connectivity index (χ0) is 10.3. The second kappa shape index (κ2) is 3.09. The molecule has 0 fully saturated rings. The van der Waals surface area contributed by atoms with Crippen LogP contribution >= 0.6 is 0 Å². The number of hydrogen-bond acceptors (Lipinski definition) is 3. The molecule has 1 atom stereocenters. The number of hydrogen-bond donors (Lipinski definition) is 1. The van der Waals surface area contributed by atoms with E-state index >= 15 is 0 Å². The van der Waals surface area contributed by atoms with E-state index in [0.29, 0.717) is 19.3 Å². The summed E-state index contributed by atoms with van der Waals surface area (Å²) in [7, 11) is 0. The van der Waals surface area contributed by atoms with Crippen LogP contribution < -0.4 is 0 Å². The van der Waals surface area contributed by atoms with E-state index in [2.05, 4.69) is 13.8 Å². The number of carbonyl (C=O) groups excluding carboxylic acids is 1. The third-order valence-corrected chi connectivity index (χ3v) is 2.87. The summed E-state index contributed by atoms with van der Waals surface area (Å²) in [5, 5.41) is 9.34. The minimum atomic E-state index is -0.713. The van der Waals surface area contributed by atoms with Crippen molar-refractivity contribution in [2.75, 3.05) is 0 Å². The Labute approximate surface area is 83.8 Å². The standard InChI is InChI=1S/C11H16O3/c1-11(2)5-8(12)7-3-4-10(13)14-9(7)6-11/h10,13H,3-6H2,1-2H3. The number of aliphatic hydroxyl groups is 1. The van der Waals surface area contributed by atoms with Gasteiger partial charge in [-0.3, -0.25) is 4.79 Å². The second-order valence-electron chi connectivity index (χ2n) is 4.95. The van der Waals surface area contributed by atoms with Crippen molar-refractivity contribution in [2.45, 2.75) is 45.8 Å². The Morgan fingerprint density at radius 1 is 1.43 bits per heavy atom. The Morgan fingerprint density at radius 2 is 2.14 bits per heavy atom. The molecule has 2 rings (SSSR count). The predicted octanol–water partition coefficient (Wildman–Crippen LogP) is 1.76. The average molecular weight is 196 g/mol. The zero-order valence-electron chi connectivity index (χ0n) is 8.67. The molecule has 0 aromatic carbocycles. The summed E-state index contributed by atoms with van der Waals surface area (Å²) in [6.07, 6.45) is 1.88. The van der Waals surface area contributed by atoms with E-state index in [9.17, 15) is 9.90 Å². The molecule has 0 radical (unpaired) electrons. The van der Waals surface area contributed by atoms with Crippen LogP contribution in [0.2, 0.25) is 0 Å². The maximum absolute atomic E-state index is 11.7. The topological polar surface area (TPSA) is 46.5 Å². The molecular formula is C11H16O3. The SMILES string of the molecule is CC1(C)CC(=O)C2=C(C1)OC(O)CC2. The Bertz CT molecular complexity index is 302. The fraction of sp³-hybridized carbons (Fsp3) is 0.727. The average Bonchev–Trinajstić information content (AvgIpc) is 2.00. The molecule has 14 heavy (non-hydrogen) atoms. The minimum absolute atomic E-state index is 0.0209. The number of allylic oxidation sites excluding steroid dienone is 2. The number of aliphatic hydroxyl groups excluding tert-OH is 1. The zero-order valence-corrected chi connectivity index (χ0v) is 8.67. The van der Waals surface area contributed by atoms with Crippen molar-refractivity contribution in [1.29, 1.82) is 0 Å². The minimum Gasteiger partial charge on any atom is -0.469 e. The molecule has 1 aliphatic heterocycles. The molecule has 1 unspecified atom stereocenters. The van der Waals surface area contributed by atoms with Gasteiger partial charge in [-0.15, -0.1) is 0 Å². The normalized spacial score (nSPS) is 31.1. The van der Waals surface area contributed by atoms with Crippen molar-refractivity contribution in [1.82, 2.24) is 0 Å². The first kappa shape index (κ1) is 9.71. The van der Waals surface area contributed by atoms with Crippen LogP contribution in [-0.2, 0) is 9.53 Å². The first-order valence-electron chi connectivity index (χ1n) is 5.08. The van der Waals surface area contributed by atoms with Crippen LogP contribution in [0.1, 0.15) is 39.5 Å². The molecular weight excluding hydrogens is 180 g/mol. The fourth-order valence-corrected chi connectivity index (χ4v) is 2.18. The van der Waals surface area contributed by atoms with Gasteiger partial charge in [0.05, 0.1) is 0 Å². The van der Waals surface area contributed by atoms with E-state index in [4.69, 9.17) is 4.74 Å². The lowest BCUT2D eigenvalue weighted by molar-refractivity contribution is -0.124. The van der Waals surface area contributed by atoms with Crippen LogP contribution in [0.4, 0.5) is 0 Å². The lowest BCUT2D eigenvalue weighted by Gasteiger charge is -2.35. The van der Waals surface area contributed by atoms with Crippen molar-refractivity contribution in [2.24, 2.45) is 5.41 Å². The fourth-order valence-electron chi connectivity index (χ4n) is 2.18. The van der Waals surface area contributed by atoms with Crippen LogP contribution in [0, 0.1) is 5.41 Å². The van der Waals surface area contributed by atoms with Gasteiger partial charge in [-0.25, -0.2) is 0 Å². The molecule has 1 aliphatic carbocycles. The van der Waals surface area contributed by atoms with Crippen molar-refractivity contribution in [3.63, 3.8) is 0 Å².